The monoisotopic (exact) mass is 454 g/mol. The molecule has 0 saturated heterocycles. The summed E-state index contributed by atoms with van der Waals surface area (Å²) < 4.78 is 5.48. The van der Waals surface area contributed by atoms with Crippen LogP contribution in [0.1, 0.15) is 24.5 Å². The van der Waals surface area contributed by atoms with Crippen LogP contribution >= 0.6 is 24.0 Å². The highest BCUT2D eigenvalue weighted by Crippen LogP contribution is 2.07. The summed E-state index contributed by atoms with van der Waals surface area (Å²) in [5.74, 6) is 1.46. The highest BCUT2D eigenvalue weighted by molar-refractivity contribution is 14.0. The van der Waals surface area contributed by atoms with Crippen molar-refractivity contribution in [3.05, 3.63) is 59.8 Å². The first kappa shape index (κ1) is 21.2. The lowest BCUT2D eigenvalue weighted by Crippen LogP contribution is -2.37. The van der Waals surface area contributed by atoms with Gasteiger partial charge in [0.05, 0.1) is 6.61 Å². The Hall–Kier alpha value is -1.83. The Bertz CT molecular complexity index is 617. The smallest absolute Gasteiger partial charge is 0.213 e. The van der Waals surface area contributed by atoms with E-state index >= 15 is 0 Å². The first-order valence-corrected chi connectivity index (χ1v) is 8.38. The molecule has 2 rings (SSSR count). The Kier molecular flexibility index (Phi) is 10.6. The van der Waals surface area contributed by atoms with Crippen molar-refractivity contribution < 1.29 is 4.74 Å². The molecule has 0 spiro atoms. The third-order valence-electron chi connectivity index (χ3n) is 3.48. The van der Waals surface area contributed by atoms with Crippen LogP contribution in [0.3, 0.4) is 0 Å². The van der Waals surface area contributed by atoms with Gasteiger partial charge in [-0.3, -0.25) is 4.99 Å². The van der Waals surface area contributed by atoms with Gasteiger partial charge in [-0.2, -0.15) is 0 Å². The Morgan fingerprint density at radius 2 is 1.88 bits per heavy atom. The number of ether oxygens (including phenoxy) is 1. The second-order valence-corrected chi connectivity index (χ2v) is 5.44. The van der Waals surface area contributed by atoms with Gasteiger partial charge in [0.1, 0.15) is 0 Å². The predicted octanol–water partition coefficient (Wildman–Crippen LogP) is 3.40. The van der Waals surface area contributed by atoms with Gasteiger partial charge in [-0.1, -0.05) is 43.3 Å². The van der Waals surface area contributed by atoms with Crippen LogP contribution < -0.4 is 15.4 Å². The molecule has 0 fully saturated rings. The minimum atomic E-state index is 0. The van der Waals surface area contributed by atoms with Gasteiger partial charge < -0.3 is 15.4 Å². The number of aromatic nitrogens is 1. The molecule has 5 nitrogen and oxygen atoms in total. The van der Waals surface area contributed by atoms with Crippen molar-refractivity contribution in [1.82, 2.24) is 15.6 Å². The van der Waals surface area contributed by atoms with Crippen LogP contribution in [0.2, 0.25) is 0 Å². The van der Waals surface area contributed by atoms with E-state index in [9.17, 15) is 0 Å². The Morgan fingerprint density at radius 1 is 1.08 bits per heavy atom. The molecule has 0 amide bonds. The molecular weight excluding hydrogens is 427 g/mol. The number of nitrogens with one attached hydrogen (secondary N) is 2. The van der Waals surface area contributed by atoms with Gasteiger partial charge in [-0.05, 0) is 24.0 Å². The zero-order valence-electron chi connectivity index (χ0n) is 14.9. The van der Waals surface area contributed by atoms with Gasteiger partial charge in [0.25, 0.3) is 0 Å². The molecule has 0 radical (unpaired) electrons. The number of benzene rings is 1. The van der Waals surface area contributed by atoms with Gasteiger partial charge in [-0.15, -0.1) is 24.0 Å². The van der Waals surface area contributed by atoms with Crippen LogP contribution in [0.5, 0.6) is 5.88 Å². The lowest BCUT2D eigenvalue weighted by Gasteiger charge is -2.12. The van der Waals surface area contributed by atoms with Crippen LogP contribution in [0.25, 0.3) is 0 Å². The van der Waals surface area contributed by atoms with E-state index in [1.54, 1.807) is 7.05 Å². The Morgan fingerprint density at radius 3 is 2.52 bits per heavy atom. The minimum absolute atomic E-state index is 0. The van der Waals surface area contributed by atoms with E-state index in [4.69, 9.17) is 4.74 Å². The maximum absolute atomic E-state index is 5.48. The molecule has 0 atom stereocenters. The third-order valence-corrected chi connectivity index (χ3v) is 3.48. The molecule has 136 valence electrons. The lowest BCUT2D eigenvalue weighted by atomic mass is 10.1. The van der Waals surface area contributed by atoms with Crippen molar-refractivity contribution in [1.29, 1.82) is 0 Å². The molecule has 0 saturated carbocycles. The fraction of sp³-hybridized carbons (Fsp3) is 0.368. The summed E-state index contributed by atoms with van der Waals surface area (Å²) in [6.45, 7) is 4.29. The quantitative estimate of drug-likeness (QED) is 0.365. The standard InChI is InChI=1S/C19H26N4O.HI/c1-3-13-24-18-10-9-17(14-22-18)15-23-19(20-2)21-12-11-16-7-5-4-6-8-16;/h4-10,14H,3,11-13,15H2,1-2H3,(H2,20,21,23);1H. The largest absolute Gasteiger partial charge is 0.478 e. The molecule has 0 bridgehead atoms. The molecule has 0 unspecified atom stereocenters. The zero-order chi connectivity index (χ0) is 17.0. The van der Waals surface area contributed by atoms with Gasteiger partial charge in [0.15, 0.2) is 5.96 Å². The zero-order valence-corrected chi connectivity index (χ0v) is 17.2. The van der Waals surface area contributed by atoms with Crippen molar-refractivity contribution in [2.45, 2.75) is 26.3 Å². The summed E-state index contributed by atoms with van der Waals surface area (Å²) >= 11 is 0. The number of rotatable bonds is 8. The lowest BCUT2D eigenvalue weighted by molar-refractivity contribution is 0.305. The summed E-state index contributed by atoms with van der Waals surface area (Å²) in [4.78, 5) is 8.54. The molecule has 25 heavy (non-hydrogen) atoms. The van der Waals surface area contributed by atoms with Gasteiger partial charge in [0, 0.05) is 32.4 Å². The van der Waals surface area contributed by atoms with E-state index in [-0.39, 0.29) is 24.0 Å². The molecule has 2 N–H and O–H groups in total. The summed E-state index contributed by atoms with van der Waals surface area (Å²) in [5.41, 5.74) is 2.40. The molecular formula is C19H27IN4O. The van der Waals surface area contributed by atoms with Crippen LogP contribution in [0, 0.1) is 0 Å². The fourth-order valence-electron chi connectivity index (χ4n) is 2.18. The van der Waals surface area contributed by atoms with Gasteiger partial charge >= 0.3 is 0 Å². The summed E-state index contributed by atoms with van der Waals surface area (Å²) in [5, 5.41) is 6.61. The SMILES string of the molecule is CCCOc1ccc(CNC(=NC)NCCc2ccccc2)cn1.I. The number of pyridine rings is 1. The summed E-state index contributed by atoms with van der Waals surface area (Å²) in [6.07, 6.45) is 3.78. The molecule has 0 aliphatic carbocycles. The normalized spacial score (nSPS) is 10.7. The molecule has 1 aromatic carbocycles. The van der Waals surface area contributed by atoms with Gasteiger partial charge in [0.2, 0.25) is 5.88 Å². The molecule has 1 aromatic heterocycles. The highest BCUT2D eigenvalue weighted by atomic mass is 127. The van der Waals surface area contributed by atoms with Crippen molar-refractivity contribution in [2.75, 3.05) is 20.2 Å². The first-order chi connectivity index (χ1) is 11.8. The molecule has 6 heteroatoms. The average Bonchev–Trinajstić information content (AvgIpc) is 2.64. The third kappa shape index (κ3) is 8.20. The van der Waals surface area contributed by atoms with Crippen molar-refractivity contribution in [2.24, 2.45) is 4.99 Å². The first-order valence-electron chi connectivity index (χ1n) is 8.38. The molecule has 0 aliphatic rings. The van der Waals surface area contributed by atoms with E-state index < -0.39 is 0 Å². The highest BCUT2D eigenvalue weighted by Gasteiger charge is 2.00. The van der Waals surface area contributed by atoms with Crippen molar-refractivity contribution in [3.8, 4) is 5.88 Å². The van der Waals surface area contributed by atoms with E-state index in [1.807, 2.05) is 24.4 Å². The van der Waals surface area contributed by atoms with Crippen molar-refractivity contribution in [3.63, 3.8) is 0 Å². The van der Waals surface area contributed by atoms with Gasteiger partial charge in [-0.25, -0.2) is 4.98 Å². The Labute approximate surface area is 167 Å². The number of hydrogen-bond donors (Lipinski definition) is 2. The average molecular weight is 454 g/mol. The van der Waals surface area contributed by atoms with E-state index in [0.717, 1.165) is 30.9 Å². The van der Waals surface area contributed by atoms with Crippen LogP contribution in [0.15, 0.2) is 53.7 Å². The Balaban J connectivity index is 0.00000312. The number of hydrogen-bond acceptors (Lipinski definition) is 3. The number of aliphatic imine (C=N–C) groups is 1. The maximum Gasteiger partial charge on any atom is 0.213 e. The minimum Gasteiger partial charge on any atom is -0.478 e. The van der Waals surface area contributed by atoms with E-state index in [1.165, 1.54) is 5.56 Å². The topological polar surface area (TPSA) is 58.5 Å². The number of halogens is 1. The van der Waals surface area contributed by atoms with Crippen LogP contribution in [-0.4, -0.2) is 31.1 Å². The second-order valence-electron chi connectivity index (χ2n) is 5.44. The fourth-order valence-corrected chi connectivity index (χ4v) is 2.18. The number of guanidine groups is 1. The summed E-state index contributed by atoms with van der Waals surface area (Å²) in [7, 11) is 1.78. The van der Waals surface area contributed by atoms with Crippen LogP contribution in [0.4, 0.5) is 0 Å². The van der Waals surface area contributed by atoms with Crippen LogP contribution in [-0.2, 0) is 13.0 Å². The van der Waals surface area contributed by atoms with E-state index in [0.29, 0.717) is 19.0 Å². The predicted molar refractivity (Wildman–Crippen MR) is 114 cm³/mol. The second kappa shape index (κ2) is 12.5. The van der Waals surface area contributed by atoms with E-state index in [2.05, 4.69) is 51.8 Å². The molecule has 2 aromatic rings. The number of nitrogens with zero attached hydrogens (tertiary/aromatic N) is 2. The van der Waals surface area contributed by atoms with Crippen molar-refractivity contribution >= 4 is 29.9 Å². The molecule has 1 heterocycles. The maximum atomic E-state index is 5.48. The summed E-state index contributed by atoms with van der Waals surface area (Å²) in [6, 6.07) is 14.3. The molecule has 0 aliphatic heterocycles.